The van der Waals surface area contributed by atoms with Gasteiger partial charge in [-0.3, -0.25) is 0 Å². The molecule has 1 aromatic rings. The van der Waals surface area contributed by atoms with Gasteiger partial charge in [-0.25, -0.2) is 0 Å². The van der Waals surface area contributed by atoms with Crippen molar-refractivity contribution in [2.24, 2.45) is 5.41 Å². The van der Waals surface area contributed by atoms with E-state index in [0.29, 0.717) is 11.5 Å². The van der Waals surface area contributed by atoms with E-state index in [9.17, 15) is 0 Å². The van der Waals surface area contributed by atoms with E-state index in [0.717, 1.165) is 24.7 Å². The van der Waals surface area contributed by atoms with Crippen molar-refractivity contribution >= 4 is 17.3 Å². The molecule has 0 saturated carbocycles. The number of benzene rings is 1. The van der Waals surface area contributed by atoms with Crippen LogP contribution in [0, 0.1) is 5.41 Å². The minimum Gasteiger partial charge on any atom is -0.371 e. The van der Waals surface area contributed by atoms with E-state index in [1.807, 2.05) is 6.07 Å². The minimum absolute atomic E-state index is 0.472. The predicted molar refractivity (Wildman–Crippen MR) is 88.7 cm³/mol. The Balaban J connectivity index is 2.17. The summed E-state index contributed by atoms with van der Waals surface area (Å²) in [6, 6.07) is 6.74. The average molecular weight is 295 g/mol. The number of nitrogens with zero attached hydrogens (tertiary/aromatic N) is 1. The zero-order valence-corrected chi connectivity index (χ0v) is 13.9. The first-order valence-electron chi connectivity index (χ1n) is 7.65. The highest BCUT2D eigenvalue weighted by molar-refractivity contribution is 6.31. The lowest BCUT2D eigenvalue weighted by Gasteiger charge is -2.39. The molecule has 0 unspecified atom stereocenters. The molecule has 1 heterocycles. The van der Waals surface area contributed by atoms with Crippen LogP contribution in [0.1, 0.15) is 46.1 Å². The molecule has 1 saturated heterocycles. The molecule has 2 rings (SSSR count). The van der Waals surface area contributed by atoms with Gasteiger partial charge in [-0.05, 0) is 30.4 Å². The second kappa shape index (κ2) is 6.36. The molecule has 0 spiro atoms. The summed E-state index contributed by atoms with van der Waals surface area (Å²) in [5, 5.41) is 4.36. The van der Waals surface area contributed by atoms with Crippen LogP contribution in [0.4, 0.5) is 5.69 Å². The van der Waals surface area contributed by atoms with Gasteiger partial charge >= 0.3 is 0 Å². The smallest absolute Gasteiger partial charge is 0.0471 e. The van der Waals surface area contributed by atoms with Gasteiger partial charge in [-0.15, -0.1) is 0 Å². The van der Waals surface area contributed by atoms with Gasteiger partial charge in [0.05, 0.1) is 0 Å². The largest absolute Gasteiger partial charge is 0.371 e. The van der Waals surface area contributed by atoms with Crippen LogP contribution in [0.3, 0.4) is 0 Å². The topological polar surface area (TPSA) is 15.3 Å². The first-order valence-corrected chi connectivity index (χ1v) is 8.02. The van der Waals surface area contributed by atoms with Crippen molar-refractivity contribution in [1.82, 2.24) is 5.32 Å². The maximum Gasteiger partial charge on any atom is 0.0471 e. The standard InChI is InChI=1S/C17H27ClN2/c1-13(2)19-12-14-15(18)6-5-7-16(14)20-10-8-17(3,4)9-11-20/h5-7,13,19H,8-12H2,1-4H3. The van der Waals surface area contributed by atoms with Crippen LogP contribution >= 0.6 is 11.6 Å². The normalized spacial score (nSPS) is 18.6. The minimum atomic E-state index is 0.472. The third kappa shape index (κ3) is 3.89. The summed E-state index contributed by atoms with van der Waals surface area (Å²) in [7, 11) is 0. The Morgan fingerprint density at radius 3 is 2.50 bits per heavy atom. The maximum atomic E-state index is 6.42. The van der Waals surface area contributed by atoms with E-state index < -0.39 is 0 Å². The van der Waals surface area contributed by atoms with E-state index in [1.165, 1.54) is 24.1 Å². The van der Waals surface area contributed by atoms with E-state index in [1.54, 1.807) is 0 Å². The summed E-state index contributed by atoms with van der Waals surface area (Å²) in [6.45, 7) is 12.2. The SMILES string of the molecule is CC(C)NCc1c(Cl)cccc1N1CCC(C)(C)CC1. The summed E-state index contributed by atoms with van der Waals surface area (Å²) in [5.41, 5.74) is 3.02. The summed E-state index contributed by atoms with van der Waals surface area (Å²) in [5.74, 6) is 0. The van der Waals surface area contributed by atoms with Crippen LogP contribution in [0.25, 0.3) is 0 Å². The number of halogens is 1. The predicted octanol–water partition coefficient (Wildman–Crippen LogP) is 4.46. The Bertz CT molecular complexity index is 444. The quantitative estimate of drug-likeness (QED) is 0.882. The van der Waals surface area contributed by atoms with Crippen molar-refractivity contribution in [3.63, 3.8) is 0 Å². The third-order valence-electron chi connectivity index (χ3n) is 4.24. The zero-order chi connectivity index (χ0) is 14.8. The lowest BCUT2D eigenvalue weighted by molar-refractivity contribution is 0.279. The highest BCUT2D eigenvalue weighted by Crippen LogP contribution is 2.35. The maximum absolute atomic E-state index is 6.42. The first kappa shape index (κ1) is 15.7. The van der Waals surface area contributed by atoms with E-state index >= 15 is 0 Å². The molecule has 0 bridgehead atoms. The Morgan fingerprint density at radius 2 is 1.90 bits per heavy atom. The number of hydrogen-bond donors (Lipinski definition) is 1. The fourth-order valence-electron chi connectivity index (χ4n) is 2.68. The molecule has 1 aromatic carbocycles. The van der Waals surface area contributed by atoms with Crippen LogP contribution in [-0.4, -0.2) is 19.1 Å². The molecule has 3 heteroatoms. The van der Waals surface area contributed by atoms with E-state index in [-0.39, 0.29) is 0 Å². The Labute approximate surface area is 128 Å². The number of nitrogens with one attached hydrogen (secondary N) is 1. The molecule has 112 valence electrons. The van der Waals surface area contributed by atoms with Crippen molar-refractivity contribution in [1.29, 1.82) is 0 Å². The van der Waals surface area contributed by atoms with E-state index in [4.69, 9.17) is 11.6 Å². The molecule has 20 heavy (non-hydrogen) atoms. The fourth-order valence-corrected chi connectivity index (χ4v) is 2.91. The molecule has 0 aliphatic carbocycles. The van der Waals surface area contributed by atoms with Gasteiger partial charge in [0.1, 0.15) is 0 Å². The van der Waals surface area contributed by atoms with Gasteiger partial charge in [0.2, 0.25) is 0 Å². The van der Waals surface area contributed by atoms with Crippen LogP contribution in [0.15, 0.2) is 18.2 Å². The molecule has 1 aliphatic rings. The molecular formula is C17H27ClN2. The number of hydrogen-bond acceptors (Lipinski definition) is 2. The Morgan fingerprint density at radius 1 is 1.25 bits per heavy atom. The summed E-state index contributed by atoms with van der Waals surface area (Å²) in [6.07, 6.45) is 2.49. The molecule has 1 N–H and O–H groups in total. The highest BCUT2D eigenvalue weighted by atomic mass is 35.5. The van der Waals surface area contributed by atoms with Gasteiger partial charge < -0.3 is 10.2 Å². The van der Waals surface area contributed by atoms with Crippen LogP contribution < -0.4 is 10.2 Å². The van der Waals surface area contributed by atoms with Crippen molar-refractivity contribution < 1.29 is 0 Å². The fraction of sp³-hybridized carbons (Fsp3) is 0.647. The van der Waals surface area contributed by atoms with Gasteiger partial charge in [-0.2, -0.15) is 0 Å². The first-order chi connectivity index (χ1) is 9.39. The molecule has 1 aliphatic heterocycles. The lowest BCUT2D eigenvalue weighted by Crippen LogP contribution is -2.38. The van der Waals surface area contributed by atoms with Crippen molar-refractivity contribution in [3.8, 4) is 0 Å². The highest BCUT2D eigenvalue weighted by Gasteiger charge is 2.26. The molecule has 0 amide bonds. The number of rotatable bonds is 4. The lowest BCUT2D eigenvalue weighted by atomic mass is 9.82. The number of piperidine rings is 1. The monoisotopic (exact) mass is 294 g/mol. The van der Waals surface area contributed by atoms with Gasteiger partial charge in [-0.1, -0.05) is 45.4 Å². The second-order valence-electron chi connectivity index (χ2n) is 6.92. The summed E-state index contributed by atoms with van der Waals surface area (Å²) in [4.78, 5) is 2.49. The van der Waals surface area contributed by atoms with E-state index in [2.05, 4.69) is 50.0 Å². The molecule has 2 nitrogen and oxygen atoms in total. The van der Waals surface area contributed by atoms with Gasteiger partial charge in [0.15, 0.2) is 0 Å². The summed E-state index contributed by atoms with van der Waals surface area (Å²) < 4.78 is 0. The van der Waals surface area contributed by atoms with Crippen LogP contribution in [0.2, 0.25) is 5.02 Å². The van der Waals surface area contributed by atoms with Crippen molar-refractivity contribution in [2.75, 3.05) is 18.0 Å². The molecular weight excluding hydrogens is 268 g/mol. The zero-order valence-electron chi connectivity index (χ0n) is 13.2. The Kier molecular flexibility index (Phi) is 4.98. The van der Waals surface area contributed by atoms with Crippen molar-refractivity contribution in [3.05, 3.63) is 28.8 Å². The van der Waals surface area contributed by atoms with Crippen molar-refractivity contribution in [2.45, 2.75) is 53.1 Å². The van der Waals surface area contributed by atoms with Gasteiger partial charge in [0, 0.05) is 41.9 Å². The van der Waals surface area contributed by atoms with Crippen LogP contribution in [0.5, 0.6) is 0 Å². The number of anilines is 1. The molecule has 0 aromatic heterocycles. The average Bonchev–Trinajstić information content (AvgIpc) is 2.37. The third-order valence-corrected chi connectivity index (χ3v) is 4.59. The Hall–Kier alpha value is -0.730. The molecule has 0 radical (unpaired) electrons. The van der Waals surface area contributed by atoms with Crippen LogP contribution in [-0.2, 0) is 6.54 Å². The molecule has 1 fully saturated rings. The molecule has 0 atom stereocenters. The second-order valence-corrected chi connectivity index (χ2v) is 7.33. The van der Waals surface area contributed by atoms with Gasteiger partial charge in [0.25, 0.3) is 0 Å². The summed E-state index contributed by atoms with van der Waals surface area (Å²) >= 11 is 6.42.